The van der Waals surface area contributed by atoms with Gasteiger partial charge < -0.3 is 5.32 Å². The molecule has 1 unspecified atom stereocenters. The van der Waals surface area contributed by atoms with E-state index in [4.69, 9.17) is 0 Å². The number of aromatic nitrogens is 2. The van der Waals surface area contributed by atoms with Crippen molar-refractivity contribution >= 4 is 5.91 Å². The summed E-state index contributed by atoms with van der Waals surface area (Å²) in [5.74, 6) is -0.181. The molecule has 1 atom stereocenters. The Bertz CT molecular complexity index is 604. The minimum absolute atomic E-state index is 0.110. The van der Waals surface area contributed by atoms with E-state index in [1.807, 2.05) is 27.0 Å². The summed E-state index contributed by atoms with van der Waals surface area (Å²) in [5.41, 5.74) is 1.91. The summed E-state index contributed by atoms with van der Waals surface area (Å²) in [5, 5.41) is 7.09. The number of rotatable bonds is 5. The molecule has 2 rings (SSSR count). The van der Waals surface area contributed by atoms with Gasteiger partial charge in [-0.15, -0.1) is 0 Å². The minimum atomic E-state index is -0.278. The molecule has 0 saturated carbocycles. The van der Waals surface area contributed by atoms with Crippen molar-refractivity contribution in [2.24, 2.45) is 5.92 Å². The minimum Gasteiger partial charge on any atom is -0.347 e. The molecular formula is C16H20FN3O. The number of halogens is 1. The Balaban J connectivity index is 2.05. The molecule has 0 radical (unpaired) electrons. The molecule has 112 valence electrons. The highest BCUT2D eigenvalue weighted by atomic mass is 19.1. The van der Waals surface area contributed by atoms with E-state index in [1.54, 1.807) is 23.0 Å². The van der Waals surface area contributed by atoms with Crippen molar-refractivity contribution in [1.82, 2.24) is 15.1 Å². The zero-order valence-corrected chi connectivity index (χ0v) is 12.5. The van der Waals surface area contributed by atoms with Crippen LogP contribution in [0, 0.1) is 18.7 Å². The lowest BCUT2D eigenvalue weighted by atomic mass is 9.96. The molecule has 4 nitrogen and oxygen atoms in total. The number of nitrogens with one attached hydrogen (secondary N) is 1. The lowest BCUT2D eigenvalue weighted by Crippen LogP contribution is -2.34. The average molecular weight is 289 g/mol. The number of nitrogens with zero attached hydrogens (tertiary/aromatic N) is 2. The van der Waals surface area contributed by atoms with E-state index in [0.717, 1.165) is 11.1 Å². The van der Waals surface area contributed by atoms with Crippen molar-refractivity contribution < 1.29 is 9.18 Å². The first-order valence-electron chi connectivity index (χ1n) is 6.99. The molecule has 21 heavy (non-hydrogen) atoms. The van der Waals surface area contributed by atoms with E-state index in [2.05, 4.69) is 10.4 Å². The first-order valence-corrected chi connectivity index (χ1v) is 6.99. The predicted molar refractivity (Wildman–Crippen MR) is 79.1 cm³/mol. The summed E-state index contributed by atoms with van der Waals surface area (Å²) in [6.45, 7) is 6.15. The van der Waals surface area contributed by atoms with Gasteiger partial charge in [-0.05, 0) is 36.1 Å². The van der Waals surface area contributed by atoms with Crippen molar-refractivity contribution in [2.45, 2.75) is 33.4 Å². The Morgan fingerprint density at radius 1 is 1.33 bits per heavy atom. The van der Waals surface area contributed by atoms with Crippen LogP contribution in [-0.2, 0) is 11.3 Å². The van der Waals surface area contributed by atoms with Crippen LogP contribution >= 0.6 is 0 Å². The van der Waals surface area contributed by atoms with Gasteiger partial charge in [-0.25, -0.2) is 4.39 Å². The van der Waals surface area contributed by atoms with Crippen LogP contribution in [0.3, 0.4) is 0 Å². The van der Waals surface area contributed by atoms with Crippen LogP contribution in [0.2, 0.25) is 0 Å². The van der Waals surface area contributed by atoms with Gasteiger partial charge in [0.15, 0.2) is 0 Å². The molecule has 1 aromatic heterocycles. The fourth-order valence-corrected chi connectivity index (χ4v) is 2.22. The molecule has 5 heteroatoms. The van der Waals surface area contributed by atoms with Crippen LogP contribution in [-0.4, -0.2) is 15.7 Å². The number of carbonyl (C=O) groups is 1. The maximum absolute atomic E-state index is 13.0. The van der Waals surface area contributed by atoms with Crippen molar-refractivity contribution in [3.05, 3.63) is 53.6 Å². The van der Waals surface area contributed by atoms with Gasteiger partial charge >= 0.3 is 0 Å². The Kier molecular flexibility index (Phi) is 4.73. The second-order valence-electron chi connectivity index (χ2n) is 5.56. The smallest absolute Gasteiger partial charge is 0.242 e. The summed E-state index contributed by atoms with van der Waals surface area (Å²) < 4.78 is 14.6. The van der Waals surface area contributed by atoms with Crippen molar-refractivity contribution in [3.63, 3.8) is 0 Å². The van der Waals surface area contributed by atoms with Crippen LogP contribution in [0.4, 0.5) is 4.39 Å². The first-order chi connectivity index (χ1) is 9.95. The van der Waals surface area contributed by atoms with Crippen LogP contribution in [0.5, 0.6) is 0 Å². The summed E-state index contributed by atoms with van der Waals surface area (Å²) in [6.07, 6.45) is 3.54. The molecule has 0 aliphatic carbocycles. The molecule has 0 spiro atoms. The van der Waals surface area contributed by atoms with E-state index >= 15 is 0 Å². The second kappa shape index (κ2) is 6.52. The predicted octanol–water partition coefficient (Wildman–Crippen LogP) is 2.84. The zero-order valence-electron chi connectivity index (χ0n) is 12.5. The number of aryl methyl sites for hydroxylation is 1. The number of hydrogen-bond acceptors (Lipinski definition) is 2. The first kappa shape index (κ1) is 15.2. The van der Waals surface area contributed by atoms with Crippen molar-refractivity contribution in [2.75, 3.05) is 0 Å². The highest BCUT2D eigenvalue weighted by molar-refractivity contribution is 5.76. The quantitative estimate of drug-likeness (QED) is 0.920. The maximum Gasteiger partial charge on any atom is 0.242 e. The van der Waals surface area contributed by atoms with E-state index in [-0.39, 0.29) is 30.2 Å². The molecule has 0 bridgehead atoms. The molecule has 0 fully saturated rings. The number of carbonyl (C=O) groups excluding carboxylic acids is 1. The number of amides is 1. The van der Waals surface area contributed by atoms with E-state index < -0.39 is 0 Å². The molecule has 0 aliphatic heterocycles. The monoisotopic (exact) mass is 289 g/mol. The van der Waals surface area contributed by atoms with Crippen LogP contribution < -0.4 is 5.32 Å². The van der Waals surface area contributed by atoms with Crippen molar-refractivity contribution in [1.29, 1.82) is 0 Å². The van der Waals surface area contributed by atoms with Crippen molar-refractivity contribution in [3.8, 4) is 0 Å². The van der Waals surface area contributed by atoms with Gasteiger partial charge in [0.05, 0.1) is 12.2 Å². The van der Waals surface area contributed by atoms with Gasteiger partial charge in [0.2, 0.25) is 5.91 Å². The van der Waals surface area contributed by atoms with Crippen LogP contribution in [0.25, 0.3) is 0 Å². The largest absolute Gasteiger partial charge is 0.347 e. The standard InChI is InChI=1S/C16H20FN3O/c1-11(2)16(13-4-6-14(17)7-5-13)19-15(21)10-20-9-12(3)8-18-20/h4-9,11,16H,10H2,1-3H3,(H,19,21). The summed E-state index contributed by atoms with van der Waals surface area (Å²) in [6, 6.07) is 6.09. The third-order valence-corrected chi connectivity index (χ3v) is 3.28. The number of benzene rings is 1. The molecule has 0 aliphatic rings. The average Bonchev–Trinajstić information content (AvgIpc) is 2.82. The fraction of sp³-hybridized carbons (Fsp3) is 0.375. The van der Waals surface area contributed by atoms with Gasteiger partial charge in [0.25, 0.3) is 0 Å². The van der Waals surface area contributed by atoms with Gasteiger partial charge in [-0.2, -0.15) is 5.10 Å². The van der Waals surface area contributed by atoms with Gasteiger partial charge in [-0.1, -0.05) is 26.0 Å². The van der Waals surface area contributed by atoms with Crippen LogP contribution in [0.15, 0.2) is 36.7 Å². The summed E-state index contributed by atoms with van der Waals surface area (Å²) in [7, 11) is 0. The third-order valence-electron chi connectivity index (χ3n) is 3.28. The lowest BCUT2D eigenvalue weighted by Gasteiger charge is -2.23. The topological polar surface area (TPSA) is 46.9 Å². The van der Waals surface area contributed by atoms with E-state index in [0.29, 0.717) is 0 Å². The SMILES string of the molecule is Cc1cnn(CC(=O)NC(c2ccc(F)cc2)C(C)C)c1. The van der Waals surface area contributed by atoms with Crippen LogP contribution in [0.1, 0.15) is 31.0 Å². The van der Waals surface area contributed by atoms with E-state index in [9.17, 15) is 9.18 Å². The van der Waals surface area contributed by atoms with Gasteiger partial charge in [0, 0.05) is 6.20 Å². The van der Waals surface area contributed by atoms with Gasteiger partial charge in [0.1, 0.15) is 12.4 Å². The zero-order chi connectivity index (χ0) is 15.4. The molecule has 1 amide bonds. The Morgan fingerprint density at radius 2 is 2.00 bits per heavy atom. The molecule has 1 N–H and O–H groups in total. The third kappa shape index (κ3) is 4.15. The Hall–Kier alpha value is -2.17. The maximum atomic E-state index is 13.0. The molecule has 1 aromatic carbocycles. The summed E-state index contributed by atoms with van der Waals surface area (Å²) >= 11 is 0. The highest BCUT2D eigenvalue weighted by Crippen LogP contribution is 2.21. The molecule has 0 saturated heterocycles. The van der Waals surface area contributed by atoms with Gasteiger partial charge in [-0.3, -0.25) is 9.48 Å². The normalized spacial score (nSPS) is 12.4. The molecular weight excluding hydrogens is 269 g/mol. The lowest BCUT2D eigenvalue weighted by molar-refractivity contribution is -0.122. The number of hydrogen-bond donors (Lipinski definition) is 1. The molecule has 1 heterocycles. The second-order valence-corrected chi connectivity index (χ2v) is 5.56. The Labute approximate surface area is 124 Å². The highest BCUT2D eigenvalue weighted by Gasteiger charge is 2.18. The Morgan fingerprint density at radius 3 is 2.52 bits per heavy atom. The summed E-state index contributed by atoms with van der Waals surface area (Å²) in [4.78, 5) is 12.1. The fourth-order valence-electron chi connectivity index (χ4n) is 2.22. The van der Waals surface area contributed by atoms with E-state index in [1.165, 1.54) is 12.1 Å². The molecule has 2 aromatic rings.